The Kier molecular flexibility index (Phi) is 7.39. The highest BCUT2D eigenvalue weighted by Crippen LogP contribution is 2.20. The first-order valence-corrected chi connectivity index (χ1v) is 7.67. The van der Waals surface area contributed by atoms with Crippen LogP contribution in [0, 0.1) is 11.8 Å². The summed E-state index contributed by atoms with van der Waals surface area (Å²) < 4.78 is 0. The summed E-state index contributed by atoms with van der Waals surface area (Å²) in [6.07, 6.45) is 2.87. The van der Waals surface area contributed by atoms with Gasteiger partial charge in [-0.2, -0.15) is 0 Å². The van der Waals surface area contributed by atoms with Crippen LogP contribution in [-0.2, 0) is 4.79 Å². The van der Waals surface area contributed by atoms with Crippen molar-refractivity contribution in [1.82, 2.24) is 15.5 Å². The number of nitrogens with one attached hydrogen (secondary N) is 2. The zero-order chi connectivity index (χ0) is 14.3. The largest absolute Gasteiger partial charge is 0.352 e. The second kappa shape index (κ2) is 8.54. The quantitative estimate of drug-likeness (QED) is 0.688. The third-order valence-corrected chi connectivity index (χ3v) is 3.71. The maximum Gasteiger partial charge on any atom is 0.220 e. The van der Waals surface area contributed by atoms with Crippen molar-refractivity contribution in [2.24, 2.45) is 11.8 Å². The number of nitrogens with zero attached hydrogens (tertiary/aromatic N) is 1. The first kappa shape index (κ1) is 16.4. The highest BCUT2D eigenvalue weighted by Gasteiger charge is 2.23. The number of rotatable bonds is 7. The Hall–Kier alpha value is -0.610. The molecule has 0 aromatic heterocycles. The maximum atomic E-state index is 11.7. The molecule has 19 heavy (non-hydrogen) atoms. The van der Waals surface area contributed by atoms with Crippen LogP contribution < -0.4 is 10.6 Å². The van der Waals surface area contributed by atoms with Gasteiger partial charge in [-0.15, -0.1) is 0 Å². The highest BCUT2D eigenvalue weighted by atomic mass is 16.1. The van der Waals surface area contributed by atoms with Crippen LogP contribution in [0.25, 0.3) is 0 Å². The van der Waals surface area contributed by atoms with Crippen molar-refractivity contribution in [1.29, 1.82) is 0 Å². The zero-order valence-corrected chi connectivity index (χ0v) is 13.0. The Labute approximate surface area is 118 Å². The Balaban J connectivity index is 2.22. The van der Waals surface area contributed by atoms with Gasteiger partial charge >= 0.3 is 0 Å². The fourth-order valence-corrected chi connectivity index (χ4v) is 3.15. The van der Waals surface area contributed by atoms with Crippen LogP contribution in [-0.4, -0.2) is 50.1 Å². The lowest BCUT2D eigenvalue weighted by atomic mass is 9.92. The lowest BCUT2D eigenvalue weighted by Crippen LogP contribution is -2.47. The van der Waals surface area contributed by atoms with E-state index in [2.05, 4.69) is 36.3 Å². The van der Waals surface area contributed by atoms with Crippen molar-refractivity contribution in [2.75, 3.05) is 33.2 Å². The molecule has 0 aromatic rings. The number of carbonyl (C=O) groups is 1. The van der Waals surface area contributed by atoms with Gasteiger partial charge in [-0.05, 0) is 45.2 Å². The molecule has 1 rings (SSSR count). The number of likely N-dealkylation sites (tertiary alicyclic amines) is 1. The Bertz CT molecular complexity index is 260. The van der Waals surface area contributed by atoms with Gasteiger partial charge in [0.05, 0.1) is 0 Å². The van der Waals surface area contributed by atoms with Gasteiger partial charge in [0.2, 0.25) is 5.91 Å². The topological polar surface area (TPSA) is 44.4 Å². The number of hydrogen-bond acceptors (Lipinski definition) is 3. The standard InChI is InChI=1S/C15H31N3O/c1-12-8-13(2)10-18(9-12)11-14(3)17-15(19)6-5-7-16-4/h12-14,16H,5-11H2,1-4H3,(H,17,19). The molecule has 112 valence electrons. The lowest BCUT2D eigenvalue weighted by Gasteiger charge is -2.36. The molecule has 4 heteroatoms. The summed E-state index contributed by atoms with van der Waals surface area (Å²) in [6, 6.07) is 0.250. The summed E-state index contributed by atoms with van der Waals surface area (Å²) >= 11 is 0. The van der Waals surface area contributed by atoms with E-state index in [0.29, 0.717) is 6.42 Å². The molecule has 1 saturated heterocycles. The van der Waals surface area contributed by atoms with E-state index in [1.165, 1.54) is 19.5 Å². The van der Waals surface area contributed by atoms with Crippen LogP contribution in [0.1, 0.15) is 40.0 Å². The van der Waals surface area contributed by atoms with Crippen LogP contribution >= 0.6 is 0 Å². The van der Waals surface area contributed by atoms with Crippen molar-refractivity contribution in [3.63, 3.8) is 0 Å². The molecule has 3 atom stereocenters. The van der Waals surface area contributed by atoms with E-state index in [0.717, 1.165) is 31.3 Å². The first-order valence-electron chi connectivity index (χ1n) is 7.67. The fraction of sp³-hybridized carbons (Fsp3) is 0.933. The molecule has 1 heterocycles. The van der Waals surface area contributed by atoms with E-state index in [9.17, 15) is 4.79 Å². The lowest BCUT2D eigenvalue weighted by molar-refractivity contribution is -0.121. The molecule has 0 radical (unpaired) electrons. The van der Waals surface area contributed by atoms with Gasteiger partial charge in [-0.3, -0.25) is 4.79 Å². The molecule has 1 fully saturated rings. The average Bonchev–Trinajstić information content (AvgIpc) is 2.27. The molecule has 0 aliphatic carbocycles. The Morgan fingerprint density at radius 3 is 2.53 bits per heavy atom. The van der Waals surface area contributed by atoms with E-state index in [1.807, 2.05) is 7.05 Å². The molecule has 0 bridgehead atoms. The predicted molar refractivity (Wildman–Crippen MR) is 80.2 cm³/mol. The molecule has 1 amide bonds. The SMILES string of the molecule is CNCCCC(=O)NC(C)CN1CC(C)CC(C)C1. The van der Waals surface area contributed by atoms with E-state index < -0.39 is 0 Å². The van der Waals surface area contributed by atoms with Gasteiger partial charge in [0.1, 0.15) is 0 Å². The van der Waals surface area contributed by atoms with E-state index in [1.54, 1.807) is 0 Å². The summed E-state index contributed by atoms with van der Waals surface area (Å²) in [4.78, 5) is 14.2. The van der Waals surface area contributed by atoms with Gasteiger partial charge in [0, 0.05) is 32.1 Å². The number of amides is 1. The minimum absolute atomic E-state index is 0.181. The van der Waals surface area contributed by atoms with Crippen LogP contribution in [0.3, 0.4) is 0 Å². The van der Waals surface area contributed by atoms with Crippen LogP contribution in [0.2, 0.25) is 0 Å². The Morgan fingerprint density at radius 2 is 1.95 bits per heavy atom. The molecule has 1 aliphatic heterocycles. The van der Waals surface area contributed by atoms with Crippen molar-refractivity contribution < 1.29 is 4.79 Å². The fourth-order valence-electron chi connectivity index (χ4n) is 3.15. The van der Waals surface area contributed by atoms with Crippen molar-refractivity contribution >= 4 is 5.91 Å². The summed E-state index contributed by atoms with van der Waals surface area (Å²) in [7, 11) is 1.92. The molecule has 0 aromatic carbocycles. The van der Waals surface area contributed by atoms with Crippen molar-refractivity contribution in [3.8, 4) is 0 Å². The molecule has 0 saturated carbocycles. The molecule has 3 unspecified atom stereocenters. The maximum absolute atomic E-state index is 11.7. The molecule has 1 aliphatic rings. The number of carbonyl (C=O) groups excluding carboxylic acids is 1. The molecular formula is C15H31N3O. The van der Waals surface area contributed by atoms with E-state index in [-0.39, 0.29) is 11.9 Å². The van der Waals surface area contributed by atoms with Gasteiger partial charge in [-0.25, -0.2) is 0 Å². The zero-order valence-electron chi connectivity index (χ0n) is 13.0. The van der Waals surface area contributed by atoms with Crippen LogP contribution in [0.15, 0.2) is 0 Å². The van der Waals surface area contributed by atoms with Crippen LogP contribution in [0.5, 0.6) is 0 Å². The first-order chi connectivity index (χ1) is 9.01. The van der Waals surface area contributed by atoms with Gasteiger partial charge in [0.15, 0.2) is 0 Å². The van der Waals surface area contributed by atoms with E-state index in [4.69, 9.17) is 0 Å². The minimum Gasteiger partial charge on any atom is -0.352 e. The predicted octanol–water partition coefficient (Wildman–Crippen LogP) is 1.47. The van der Waals surface area contributed by atoms with Crippen LogP contribution in [0.4, 0.5) is 0 Å². The van der Waals surface area contributed by atoms with Crippen molar-refractivity contribution in [2.45, 2.75) is 46.1 Å². The number of piperidine rings is 1. The van der Waals surface area contributed by atoms with Gasteiger partial charge in [0.25, 0.3) is 0 Å². The summed E-state index contributed by atoms with van der Waals surface area (Å²) in [6.45, 7) is 11.0. The third kappa shape index (κ3) is 6.92. The summed E-state index contributed by atoms with van der Waals surface area (Å²) in [5.41, 5.74) is 0. The smallest absolute Gasteiger partial charge is 0.220 e. The average molecular weight is 269 g/mol. The monoisotopic (exact) mass is 269 g/mol. The normalized spacial score (nSPS) is 26.1. The van der Waals surface area contributed by atoms with Gasteiger partial charge < -0.3 is 15.5 Å². The minimum atomic E-state index is 0.181. The Morgan fingerprint density at radius 1 is 1.32 bits per heavy atom. The highest BCUT2D eigenvalue weighted by molar-refractivity contribution is 5.76. The second-order valence-corrected chi connectivity index (χ2v) is 6.34. The van der Waals surface area contributed by atoms with Crippen molar-refractivity contribution in [3.05, 3.63) is 0 Å². The molecule has 0 spiro atoms. The second-order valence-electron chi connectivity index (χ2n) is 6.34. The summed E-state index contributed by atoms with van der Waals surface area (Å²) in [5.74, 6) is 1.74. The third-order valence-electron chi connectivity index (χ3n) is 3.71. The molecule has 2 N–H and O–H groups in total. The van der Waals surface area contributed by atoms with Gasteiger partial charge in [-0.1, -0.05) is 13.8 Å². The van der Waals surface area contributed by atoms with E-state index >= 15 is 0 Å². The molecular weight excluding hydrogens is 238 g/mol. The molecule has 4 nitrogen and oxygen atoms in total. The summed E-state index contributed by atoms with van der Waals surface area (Å²) in [5, 5.41) is 6.17. The number of hydrogen-bond donors (Lipinski definition) is 2.